The highest BCUT2D eigenvalue weighted by atomic mass is 16.1. The number of nitrogens with zero attached hydrogens (tertiary/aromatic N) is 1. The Kier molecular flexibility index (Phi) is 2.96. The van der Waals surface area contributed by atoms with Crippen LogP contribution in [0.1, 0.15) is 29.6 Å². The van der Waals surface area contributed by atoms with E-state index in [1.54, 1.807) is 0 Å². The van der Waals surface area contributed by atoms with Crippen LogP contribution in [0.15, 0.2) is 30.3 Å². The summed E-state index contributed by atoms with van der Waals surface area (Å²) in [4.78, 5) is 14.4. The molecule has 1 spiro atoms. The molecule has 3 heteroatoms. The van der Waals surface area contributed by atoms with E-state index in [1.165, 1.54) is 6.42 Å². The smallest absolute Gasteiger partial charge is 0.176 e. The Hall–Kier alpha value is -1.19. The van der Waals surface area contributed by atoms with Crippen molar-refractivity contribution in [1.29, 1.82) is 0 Å². The Morgan fingerprint density at radius 2 is 1.89 bits per heavy atom. The zero-order chi connectivity index (χ0) is 12.6. The fraction of sp³-hybridized carbons (Fsp3) is 0.533. The number of hydrogen-bond donors (Lipinski definition) is 1. The van der Waals surface area contributed by atoms with Crippen LogP contribution >= 0.6 is 0 Å². The van der Waals surface area contributed by atoms with Crippen LogP contribution < -0.4 is 5.73 Å². The molecule has 0 radical (unpaired) electrons. The van der Waals surface area contributed by atoms with E-state index in [4.69, 9.17) is 5.73 Å². The molecule has 3 nitrogen and oxygen atoms in total. The van der Waals surface area contributed by atoms with E-state index in [0.29, 0.717) is 18.0 Å². The summed E-state index contributed by atoms with van der Waals surface area (Å²) in [6.45, 7) is 2.59. The van der Waals surface area contributed by atoms with Crippen LogP contribution in [0.25, 0.3) is 0 Å². The summed E-state index contributed by atoms with van der Waals surface area (Å²) in [5.74, 6) is 0.228. The van der Waals surface area contributed by atoms with Gasteiger partial charge in [-0.1, -0.05) is 30.3 Å². The molecule has 3 rings (SSSR count). The van der Waals surface area contributed by atoms with Gasteiger partial charge in [-0.3, -0.25) is 9.69 Å². The van der Waals surface area contributed by atoms with Crippen molar-refractivity contribution in [2.45, 2.75) is 25.3 Å². The van der Waals surface area contributed by atoms with Crippen molar-refractivity contribution in [3.05, 3.63) is 35.9 Å². The van der Waals surface area contributed by atoms with Gasteiger partial charge in [0.1, 0.15) is 0 Å². The fourth-order valence-corrected chi connectivity index (χ4v) is 3.03. The van der Waals surface area contributed by atoms with Gasteiger partial charge < -0.3 is 5.73 Å². The third-order valence-corrected chi connectivity index (χ3v) is 4.57. The first-order valence-electron chi connectivity index (χ1n) is 6.76. The van der Waals surface area contributed by atoms with E-state index < -0.39 is 0 Å². The fourth-order valence-electron chi connectivity index (χ4n) is 3.03. The van der Waals surface area contributed by atoms with Crippen LogP contribution in [-0.4, -0.2) is 36.4 Å². The van der Waals surface area contributed by atoms with Crippen LogP contribution in [0.3, 0.4) is 0 Å². The third-order valence-electron chi connectivity index (χ3n) is 4.57. The van der Waals surface area contributed by atoms with Crippen LogP contribution in [0.5, 0.6) is 0 Å². The maximum Gasteiger partial charge on any atom is 0.176 e. The lowest BCUT2D eigenvalue weighted by Crippen LogP contribution is -2.39. The molecule has 0 unspecified atom stereocenters. The average molecular weight is 244 g/mol. The SMILES string of the molecule is N[C@H]1CC12CCN(CC(=O)c1ccccc1)CC2. The quantitative estimate of drug-likeness (QED) is 0.823. The van der Waals surface area contributed by atoms with Crippen molar-refractivity contribution in [3.63, 3.8) is 0 Å². The van der Waals surface area contributed by atoms with Gasteiger partial charge in [0.15, 0.2) is 5.78 Å². The normalized spacial score (nSPS) is 26.2. The molecule has 2 fully saturated rings. The van der Waals surface area contributed by atoms with E-state index in [2.05, 4.69) is 4.90 Å². The number of rotatable bonds is 3. The molecule has 1 saturated heterocycles. The minimum atomic E-state index is 0.228. The molecule has 18 heavy (non-hydrogen) atoms. The van der Waals surface area contributed by atoms with Crippen LogP contribution in [0, 0.1) is 5.41 Å². The molecular weight excluding hydrogens is 224 g/mol. The summed E-state index contributed by atoms with van der Waals surface area (Å²) in [5, 5.41) is 0. The number of piperidine rings is 1. The molecule has 1 atom stereocenters. The minimum Gasteiger partial charge on any atom is -0.327 e. The Morgan fingerprint density at radius 3 is 2.44 bits per heavy atom. The highest BCUT2D eigenvalue weighted by Crippen LogP contribution is 2.52. The van der Waals surface area contributed by atoms with E-state index in [-0.39, 0.29) is 5.78 Å². The summed E-state index contributed by atoms with van der Waals surface area (Å²) in [6.07, 6.45) is 3.51. The molecular formula is C15H20N2O. The van der Waals surface area contributed by atoms with Crippen LogP contribution in [0.4, 0.5) is 0 Å². The Balaban J connectivity index is 1.54. The lowest BCUT2D eigenvalue weighted by molar-refractivity contribution is 0.0885. The van der Waals surface area contributed by atoms with Gasteiger partial charge in [-0.25, -0.2) is 0 Å². The predicted octanol–water partition coefficient (Wildman–Crippen LogP) is 1.68. The number of Topliss-reactive ketones (excluding diaryl/α,β-unsaturated/α-hetero) is 1. The van der Waals surface area contributed by atoms with Crippen LogP contribution in [0.2, 0.25) is 0 Å². The van der Waals surface area contributed by atoms with E-state index in [9.17, 15) is 4.79 Å². The molecule has 1 aliphatic carbocycles. The lowest BCUT2D eigenvalue weighted by atomic mass is 9.92. The molecule has 0 bridgehead atoms. The number of likely N-dealkylation sites (tertiary alicyclic amines) is 1. The minimum absolute atomic E-state index is 0.228. The number of nitrogens with two attached hydrogens (primary N) is 1. The zero-order valence-electron chi connectivity index (χ0n) is 10.6. The highest BCUT2D eigenvalue weighted by molar-refractivity contribution is 5.97. The van der Waals surface area contributed by atoms with E-state index in [0.717, 1.165) is 31.5 Å². The average Bonchev–Trinajstić information content (AvgIpc) is 3.03. The van der Waals surface area contributed by atoms with Gasteiger partial charge in [0, 0.05) is 11.6 Å². The van der Waals surface area contributed by atoms with E-state index >= 15 is 0 Å². The summed E-state index contributed by atoms with van der Waals surface area (Å²) < 4.78 is 0. The standard InChI is InChI=1S/C15H20N2O/c16-14-10-15(14)6-8-17(9-7-15)11-13(18)12-4-2-1-3-5-12/h1-5,14H,6-11,16H2/t14-/m0/s1. The maximum absolute atomic E-state index is 12.1. The second-order valence-corrected chi connectivity index (χ2v) is 5.74. The molecule has 1 aliphatic heterocycles. The van der Waals surface area contributed by atoms with Gasteiger partial charge in [-0.2, -0.15) is 0 Å². The first-order chi connectivity index (χ1) is 8.70. The molecule has 0 amide bonds. The monoisotopic (exact) mass is 244 g/mol. The number of carbonyl (C=O) groups excluding carboxylic acids is 1. The first-order valence-corrected chi connectivity index (χ1v) is 6.76. The summed E-state index contributed by atoms with van der Waals surface area (Å²) >= 11 is 0. The third kappa shape index (κ3) is 2.20. The van der Waals surface area contributed by atoms with Crippen molar-refractivity contribution < 1.29 is 4.79 Å². The van der Waals surface area contributed by atoms with Gasteiger partial charge >= 0.3 is 0 Å². The van der Waals surface area contributed by atoms with Gasteiger partial charge in [-0.05, 0) is 37.8 Å². The van der Waals surface area contributed by atoms with Crippen molar-refractivity contribution in [1.82, 2.24) is 4.90 Å². The molecule has 96 valence electrons. The van der Waals surface area contributed by atoms with Gasteiger partial charge in [0.25, 0.3) is 0 Å². The Bertz CT molecular complexity index is 435. The molecule has 1 aromatic carbocycles. The number of hydrogen-bond acceptors (Lipinski definition) is 3. The van der Waals surface area contributed by atoms with Crippen molar-refractivity contribution in [2.75, 3.05) is 19.6 Å². The van der Waals surface area contributed by atoms with Gasteiger partial charge in [-0.15, -0.1) is 0 Å². The molecule has 2 aliphatic rings. The Morgan fingerprint density at radius 1 is 1.28 bits per heavy atom. The van der Waals surface area contributed by atoms with Crippen molar-refractivity contribution >= 4 is 5.78 Å². The Labute approximate surface area is 108 Å². The van der Waals surface area contributed by atoms with Gasteiger partial charge in [0.05, 0.1) is 6.54 Å². The maximum atomic E-state index is 12.1. The van der Waals surface area contributed by atoms with Crippen molar-refractivity contribution in [3.8, 4) is 0 Å². The second kappa shape index (κ2) is 4.48. The van der Waals surface area contributed by atoms with Gasteiger partial charge in [0.2, 0.25) is 0 Å². The van der Waals surface area contributed by atoms with Crippen molar-refractivity contribution in [2.24, 2.45) is 11.1 Å². The van der Waals surface area contributed by atoms with Crippen LogP contribution in [-0.2, 0) is 0 Å². The molecule has 2 N–H and O–H groups in total. The largest absolute Gasteiger partial charge is 0.327 e. The lowest BCUT2D eigenvalue weighted by Gasteiger charge is -2.32. The zero-order valence-corrected chi connectivity index (χ0v) is 10.6. The second-order valence-electron chi connectivity index (χ2n) is 5.74. The molecule has 1 saturated carbocycles. The number of benzene rings is 1. The topological polar surface area (TPSA) is 46.3 Å². The first kappa shape index (κ1) is 11.9. The van der Waals surface area contributed by atoms with E-state index in [1.807, 2.05) is 30.3 Å². The molecule has 1 aromatic rings. The summed E-state index contributed by atoms with van der Waals surface area (Å²) in [6, 6.07) is 9.98. The summed E-state index contributed by atoms with van der Waals surface area (Å²) in [5.41, 5.74) is 7.24. The molecule has 1 heterocycles. The number of ketones is 1. The number of carbonyl (C=O) groups is 1. The summed E-state index contributed by atoms with van der Waals surface area (Å²) in [7, 11) is 0. The highest BCUT2D eigenvalue weighted by Gasteiger charge is 2.52. The molecule has 0 aromatic heterocycles. The predicted molar refractivity (Wildman–Crippen MR) is 71.5 cm³/mol.